The van der Waals surface area contributed by atoms with E-state index in [9.17, 15) is 13.0 Å². The molecule has 0 radical (unpaired) electrons. The van der Waals surface area contributed by atoms with Crippen LogP contribution >= 0.6 is 0 Å². The minimum absolute atomic E-state index is 0.0851. The lowest BCUT2D eigenvalue weighted by Crippen LogP contribution is -2.21. The van der Waals surface area contributed by atoms with Crippen LogP contribution in [0.25, 0.3) is 10.8 Å². The van der Waals surface area contributed by atoms with Gasteiger partial charge in [-0.3, -0.25) is 4.55 Å². The standard InChI is InChI=1S/C26H27NO3S/c1-19-16-17-22-23(14-10-15-24(22)31(28,29)30)25(19)26(3,4)20(2)11-8-9-18-27-21-12-6-5-7-13-21/h5-18,27H,2H2,1,3-4H3,(H,28,29,30). The molecule has 0 saturated carbocycles. The fourth-order valence-electron chi connectivity index (χ4n) is 3.77. The number of allylic oxidation sites excluding steroid dienone is 4. The summed E-state index contributed by atoms with van der Waals surface area (Å²) in [7, 11) is -4.32. The molecule has 0 atom stereocenters. The van der Waals surface area contributed by atoms with Crippen molar-refractivity contribution in [2.45, 2.75) is 31.1 Å². The maximum atomic E-state index is 11.8. The zero-order valence-corrected chi connectivity index (χ0v) is 18.8. The van der Waals surface area contributed by atoms with Gasteiger partial charge < -0.3 is 5.32 Å². The number of rotatable bonds is 7. The molecule has 0 amide bonds. The van der Waals surface area contributed by atoms with Gasteiger partial charge in [0.2, 0.25) is 0 Å². The van der Waals surface area contributed by atoms with Crippen LogP contribution in [0.4, 0.5) is 5.69 Å². The molecule has 0 aliphatic rings. The highest BCUT2D eigenvalue weighted by Crippen LogP contribution is 2.39. The Labute approximate surface area is 184 Å². The molecule has 0 aliphatic carbocycles. The number of aryl methyl sites for hydroxylation is 1. The van der Waals surface area contributed by atoms with Crippen molar-refractivity contribution in [1.29, 1.82) is 0 Å². The summed E-state index contributed by atoms with van der Waals surface area (Å²) in [5, 5.41) is 4.49. The quantitative estimate of drug-likeness (QED) is 0.334. The number of hydrogen-bond acceptors (Lipinski definition) is 3. The smallest absolute Gasteiger partial charge is 0.295 e. The summed E-state index contributed by atoms with van der Waals surface area (Å²) >= 11 is 0. The number of anilines is 1. The minimum atomic E-state index is -4.32. The van der Waals surface area contributed by atoms with E-state index in [0.717, 1.165) is 27.8 Å². The molecule has 2 N–H and O–H groups in total. The van der Waals surface area contributed by atoms with Crippen LogP contribution in [0.1, 0.15) is 25.0 Å². The maximum absolute atomic E-state index is 11.8. The fourth-order valence-corrected chi connectivity index (χ4v) is 4.47. The molecule has 0 aliphatic heterocycles. The van der Waals surface area contributed by atoms with Gasteiger partial charge in [-0.15, -0.1) is 0 Å². The summed E-state index contributed by atoms with van der Waals surface area (Å²) in [6, 6.07) is 18.5. The van der Waals surface area contributed by atoms with E-state index in [4.69, 9.17) is 0 Å². The van der Waals surface area contributed by atoms with Crippen LogP contribution in [-0.2, 0) is 15.5 Å². The normalized spacial score (nSPS) is 12.6. The molecule has 3 aromatic carbocycles. The van der Waals surface area contributed by atoms with Gasteiger partial charge in [0.15, 0.2) is 0 Å². The van der Waals surface area contributed by atoms with Crippen molar-refractivity contribution in [3.05, 3.63) is 108 Å². The fraction of sp³-hybridized carbons (Fsp3) is 0.154. The van der Waals surface area contributed by atoms with E-state index in [0.29, 0.717) is 5.39 Å². The van der Waals surface area contributed by atoms with Gasteiger partial charge >= 0.3 is 0 Å². The first-order valence-corrected chi connectivity index (χ1v) is 11.4. The van der Waals surface area contributed by atoms with E-state index in [2.05, 4.69) is 25.7 Å². The molecule has 0 spiro atoms. The van der Waals surface area contributed by atoms with Gasteiger partial charge in [0.1, 0.15) is 4.90 Å². The summed E-state index contributed by atoms with van der Waals surface area (Å²) < 4.78 is 33.3. The Morgan fingerprint density at radius 2 is 1.68 bits per heavy atom. The number of nitrogens with one attached hydrogen (secondary N) is 1. The van der Waals surface area contributed by atoms with Gasteiger partial charge in [0.05, 0.1) is 0 Å². The van der Waals surface area contributed by atoms with Crippen molar-refractivity contribution in [2.75, 3.05) is 5.32 Å². The molecule has 4 nitrogen and oxygen atoms in total. The van der Waals surface area contributed by atoms with Crippen LogP contribution in [-0.4, -0.2) is 13.0 Å². The SMILES string of the molecule is C=C(C=CC=CNc1ccccc1)C(C)(C)c1c(C)ccc2c(S(=O)(=O)O)cccc12. The van der Waals surface area contributed by atoms with Gasteiger partial charge in [0, 0.05) is 22.7 Å². The second-order valence-electron chi connectivity index (χ2n) is 7.96. The van der Waals surface area contributed by atoms with Crippen LogP contribution in [0, 0.1) is 6.92 Å². The molecule has 160 valence electrons. The van der Waals surface area contributed by atoms with Crippen molar-refractivity contribution in [2.24, 2.45) is 0 Å². The van der Waals surface area contributed by atoms with Crippen molar-refractivity contribution in [1.82, 2.24) is 0 Å². The van der Waals surface area contributed by atoms with E-state index in [1.807, 2.05) is 73.8 Å². The summed E-state index contributed by atoms with van der Waals surface area (Å²) in [6.45, 7) is 10.4. The Bertz CT molecular complexity index is 1270. The summed E-state index contributed by atoms with van der Waals surface area (Å²) in [5.41, 5.74) is 3.44. The van der Waals surface area contributed by atoms with Gasteiger partial charge in [-0.25, -0.2) is 0 Å². The maximum Gasteiger partial charge on any atom is 0.295 e. The molecule has 0 heterocycles. The van der Waals surface area contributed by atoms with Gasteiger partial charge in [-0.05, 0) is 53.3 Å². The second kappa shape index (κ2) is 8.92. The highest BCUT2D eigenvalue weighted by atomic mass is 32.2. The zero-order valence-electron chi connectivity index (χ0n) is 18.0. The average molecular weight is 434 g/mol. The molecular formula is C26H27NO3S. The third-order valence-corrected chi connectivity index (χ3v) is 6.38. The number of benzene rings is 3. The molecule has 5 heteroatoms. The Kier molecular flexibility index (Phi) is 6.48. The lowest BCUT2D eigenvalue weighted by Gasteiger charge is -2.30. The largest absolute Gasteiger partial charge is 0.362 e. The Hall–Kier alpha value is -3.15. The molecular weight excluding hydrogens is 406 g/mol. The molecule has 3 rings (SSSR count). The van der Waals surface area contributed by atoms with E-state index in [-0.39, 0.29) is 4.90 Å². The first-order valence-electron chi connectivity index (χ1n) is 9.97. The highest BCUT2D eigenvalue weighted by molar-refractivity contribution is 7.86. The second-order valence-corrected chi connectivity index (χ2v) is 9.35. The molecule has 0 aromatic heterocycles. The molecule has 3 aromatic rings. The summed E-state index contributed by atoms with van der Waals surface area (Å²) in [6.07, 6.45) is 7.63. The molecule has 0 unspecified atom stereocenters. The van der Waals surface area contributed by atoms with E-state index >= 15 is 0 Å². The third-order valence-electron chi connectivity index (χ3n) is 5.46. The summed E-state index contributed by atoms with van der Waals surface area (Å²) in [4.78, 5) is -0.0851. The van der Waals surface area contributed by atoms with Crippen molar-refractivity contribution >= 4 is 26.6 Å². The van der Waals surface area contributed by atoms with Crippen LogP contribution in [0.15, 0.2) is 102 Å². The van der Waals surface area contributed by atoms with E-state index < -0.39 is 15.5 Å². The topological polar surface area (TPSA) is 66.4 Å². The van der Waals surface area contributed by atoms with E-state index in [1.165, 1.54) is 6.07 Å². The van der Waals surface area contributed by atoms with Gasteiger partial charge in [0.25, 0.3) is 10.1 Å². The first kappa shape index (κ1) is 22.5. The van der Waals surface area contributed by atoms with Crippen LogP contribution in [0.5, 0.6) is 0 Å². The van der Waals surface area contributed by atoms with Crippen molar-refractivity contribution in [3.63, 3.8) is 0 Å². The number of fused-ring (bicyclic) bond motifs is 1. The monoisotopic (exact) mass is 433 g/mol. The minimum Gasteiger partial charge on any atom is -0.362 e. The number of para-hydroxylation sites is 1. The van der Waals surface area contributed by atoms with Crippen LogP contribution < -0.4 is 5.32 Å². The lowest BCUT2D eigenvalue weighted by atomic mass is 9.74. The Morgan fingerprint density at radius 1 is 0.968 bits per heavy atom. The first-order chi connectivity index (χ1) is 14.6. The van der Waals surface area contributed by atoms with Crippen molar-refractivity contribution in [3.8, 4) is 0 Å². The Balaban J connectivity index is 1.92. The highest BCUT2D eigenvalue weighted by Gasteiger charge is 2.28. The number of hydrogen-bond donors (Lipinski definition) is 2. The van der Waals surface area contributed by atoms with Gasteiger partial charge in [-0.1, -0.05) is 75.0 Å². The molecule has 31 heavy (non-hydrogen) atoms. The summed E-state index contributed by atoms with van der Waals surface area (Å²) in [5.74, 6) is 0. The lowest BCUT2D eigenvalue weighted by molar-refractivity contribution is 0.484. The molecule has 0 bridgehead atoms. The average Bonchev–Trinajstić information content (AvgIpc) is 2.72. The Morgan fingerprint density at radius 3 is 2.35 bits per heavy atom. The predicted octanol–water partition coefficient (Wildman–Crippen LogP) is 6.41. The van der Waals surface area contributed by atoms with Crippen LogP contribution in [0.3, 0.4) is 0 Å². The third kappa shape index (κ3) is 4.95. The predicted molar refractivity (Wildman–Crippen MR) is 129 cm³/mol. The molecule has 0 saturated heterocycles. The van der Waals surface area contributed by atoms with Crippen molar-refractivity contribution < 1.29 is 13.0 Å². The van der Waals surface area contributed by atoms with E-state index in [1.54, 1.807) is 12.1 Å². The zero-order chi connectivity index (χ0) is 22.6. The van der Waals surface area contributed by atoms with Gasteiger partial charge in [-0.2, -0.15) is 8.42 Å². The molecule has 0 fully saturated rings. The van der Waals surface area contributed by atoms with Crippen LogP contribution in [0.2, 0.25) is 0 Å².